The third-order valence-electron chi connectivity index (χ3n) is 9.85. The minimum atomic E-state index is 0.911. The maximum absolute atomic E-state index is 6.66. The molecule has 1 aromatic heterocycles. The van der Waals surface area contributed by atoms with Crippen LogP contribution in [0.3, 0.4) is 0 Å². The summed E-state index contributed by atoms with van der Waals surface area (Å²) in [7, 11) is 0. The largest absolute Gasteiger partial charge is 0.455 e. The van der Waals surface area contributed by atoms with Gasteiger partial charge in [-0.3, -0.25) is 0 Å². The maximum atomic E-state index is 6.66. The van der Waals surface area contributed by atoms with E-state index in [0.717, 1.165) is 21.9 Å². The molecule has 0 radical (unpaired) electrons. The van der Waals surface area contributed by atoms with Crippen molar-refractivity contribution in [1.29, 1.82) is 0 Å². The quantitative estimate of drug-likeness (QED) is 0.140. The Morgan fingerprint density at radius 1 is 0.306 bits per heavy atom. The van der Waals surface area contributed by atoms with Gasteiger partial charge in [-0.2, -0.15) is 0 Å². The minimum absolute atomic E-state index is 0.911. The molecule has 0 amide bonds. The summed E-state index contributed by atoms with van der Waals surface area (Å²) in [6.45, 7) is 4.00. The van der Waals surface area contributed by atoms with E-state index in [2.05, 4.69) is 170 Å². The number of benzene rings is 9. The van der Waals surface area contributed by atoms with Crippen molar-refractivity contribution in [2.75, 3.05) is 0 Å². The fourth-order valence-corrected chi connectivity index (χ4v) is 7.77. The lowest BCUT2D eigenvalue weighted by atomic mass is 9.85. The summed E-state index contributed by atoms with van der Waals surface area (Å²) < 4.78 is 6.66. The summed E-state index contributed by atoms with van der Waals surface area (Å²) in [5.74, 6) is 0. The molecule has 1 heteroatoms. The van der Waals surface area contributed by atoms with E-state index >= 15 is 0 Å². The van der Waals surface area contributed by atoms with Gasteiger partial charge in [-0.15, -0.1) is 0 Å². The molecule has 1 heterocycles. The van der Waals surface area contributed by atoms with Gasteiger partial charge in [0.05, 0.1) is 0 Å². The maximum Gasteiger partial charge on any atom is 0.143 e. The van der Waals surface area contributed by atoms with Gasteiger partial charge < -0.3 is 4.42 Å². The second kappa shape index (κ2) is 11.8. The predicted octanol–water partition coefficient (Wildman–Crippen LogP) is 14.2. The van der Waals surface area contributed by atoms with E-state index in [-0.39, 0.29) is 0 Å². The standard InChI is InChI=1S/C46H28O.C2H6/c1-2-12-29(13-3-1)30-22-24-31(25-23-30)43-36-17-7-9-19-38(36)44(39-20-10-8-18-37(39)43)32-26-27-42-41(28-32)45-35-16-6-4-14-33(35)34-15-5-11-21-40(34)46(45)47-42;1-2/h1-28H;1-2H3. The summed E-state index contributed by atoms with van der Waals surface area (Å²) in [4.78, 5) is 0. The Hall–Kier alpha value is -6.18. The van der Waals surface area contributed by atoms with E-state index in [4.69, 9.17) is 4.42 Å². The lowest BCUT2D eigenvalue weighted by Crippen LogP contribution is -1.91. The van der Waals surface area contributed by atoms with Crippen molar-refractivity contribution in [1.82, 2.24) is 0 Å². The zero-order chi connectivity index (χ0) is 32.9. The molecular weight excluding hydrogens is 593 g/mol. The predicted molar refractivity (Wildman–Crippen MR) is 211 cm³/mol. The summed E-state index contributed by atoms with van der Waals surface area (Å²) in [6.07, 6.45) is 0. The number of furan rings is 1. The van der Waals surface area contributed by atoms with Gasteiger partial charge in [-0.1, -0.05) is 172 Å². The molecule has 0 aliphatic rings. The molecule has 0 aliphatic carbocycles. The molecule has 0 unspecified atom stereocenters. The van der Waals surface area contributed by atoms with Crippen LogP contribution in [0.4, 0.5) is 0 Å². The van der Waals surface area contributed by atoms with Gasteiger partial charge in [-0.05, 0) is 83.2 Å². The summed E-state index contributed by atoms with van der Waals surface area (Å²) in [5, 5.41) is 12.2. The van der Waals surface area contributed by atoms with Crippen LogP contribution in [0.15, 0.2) is 174 Å². The van der Waals surface area contributed by atoms with Crippen LogP contribution in [-0.2, 0) is 0 Å². The molecule has 0 saturated carbocycles. The highest BCUT2D eigenvalue weighted by molar-refractivity contribution is 6.31. The summed E-state index contributed by atoms with van der Waals surface area (Å²) >= 11 is 0. The third kappa shape index (κ3) is 4.54. The van der Waals surface area contributed by atoms with Crippen molar-refractivity contribution in [3.05, 3.63) is 170 Å². The van der Waals surface area contributed by atoms with Crippen LogP contribution in [0, 0.1) is 0 Å². The first-order chi connectivity index (χ1) is 24.3. The molecular formula is C48H34O. The van der Waals surface area contributed by atoms with Crippen LogP contribution < -0.4 is 0 Å². The molecule has 0 fully saturated rings. The van der Waals surface area contributed by atoms with Crippen molar-refractivity contribution in [3.63, 3.8) is 0 Å². The van der Waals surface area contributed by atoms with Gasteiger partial charge in [-0.25, -0.2) is 0 Å². The average Bonchev–Trinajstić information content (AvgIpc) is 3.58. The molecule has 0 N–H and O–H groups in total. The molecule has 49 heavy (non-hydrogen) atoms. The normalized spacial score (nSPS) is 11.5. The highest BCUT2D eigenvalue weighted by Gasteiger charge is 2.20. The van der Waals surface area contributed by atoms with E-state index in [1.54, 1.807) is 0 Å². The van der Waals surface area contributed by atoms with Crippen LogP contribution in [-0.4, -0.2) is 0 Å². The fraction of sp³-hybridized carbons (Fsp3) is 0.0417. The topological polar surface area (TPSA) is 13.1 Å². The van der Waals surface area contributed by atoms with Gasteiger partial charge in [0.1, 0.15) is 11.2 Å². The van der Waals surface area contributed by atoms with Crippen LogP contribution in [0.25, 0.3) is 98.4 Å². The van der Waals surface area contributed by atoms with Crippen LogP contribution in [0.2, 0.25) is 0 Å². The third-order valence-corrected chi connectivity index (χ3v) is 9.85. The highest BCUT2D eigenvalue weighted by atomic mass is 16.3. The monoisotopic (exact) mass is 626 g/mol. The summed E-state index contributed by atoms with van der Waals surface area (Å²) in [5.41, 5.74) is 9.25. The van der Waals surface area contributed by atoms with E-state index in [0.29, 0.717) is 0 Å². The second-order valence-electron chi connectivity index (χ2n) is 12.4. The SMILES string of the molecule is CC.c1ccc(-c2ccc(-c3c4ccccc4c(-c4ccc5oc6c7ccccc7c7ccccc7c6c5c4)c4ccccc34)cc2)cc1. The van der Waals surface area contributed by atoms with Gasteiger partial charge >= 0.3 is 0 Å². The minimum Gasteiger partial charge on any atom is -0.455 e. The zero-order valence-electron chi connectivity index (χ0n) is 27.6. The fourth-order valence-electron chi connectivity index (χ4n) is 7.77. The average molecular weight is 627 g/mol. The first-order valence-corrected chi connectivity index (χ1v) is 17.2. The van der Waals surface area contributed by atoms with E-state index in [1.165, 1.54) is 76.5 Å². The lowest BCUT2D eigenvalue weighted by Gasteiger charge is -2.18. The molecule has 0 saturated heterocycles. The Kier molecular flexibility index (Phi) is 6.99. The Balaban J connectivity index is 0.00000160. The zero-order valence-corrected chi connectivity index (χ0v) is 27.6. The Morgan fingerprint density at radius 3 is 1.31 bits per heavy atom. The smallest absolute Gasteiger partial charge is 0.143 e. The molecule has 1 nitrogen and oxygen atoms in total. The molecule has 9 aromatic carbocycles. The van der Waals surface area contributed by atoms with Crippen molar-refractivity contribution >= 4 is 65.0 Å². The molecule has 0 spiro atoms. The first kappa shape index (κ1) is 29.0. The van der Waals surface area contributed by atoms with Crippen molar-refractivity contribution in [2.24, 2.45) is 0 Å². The van der Waals surface area contributed by atoms with Crippen molar-refractivity contribution < 1.29 is 4.42 Å². The molecule has 0 bridgehead atoms. The van der Waals surface area contributed by atoms with E-state index < -0.39 is 0 Å². The first-order valence-electron chi connectivity index (χ1n) is 17.2. The molecule has 0 atom stereocenters. The number of hydrogen-bond donors (Lipinski definition) is 0. The van der Waals surface area contributed by atoms with E-state index in [1.807, 2.05) is 13.8 Å². The number of fused-ring (bicyclic) bond motifs is 10. The van der Waals surface area contributed by atoms with Crippen LogP contribution >= 0.6 is 0 Å². The van der Waals surface area contributed by atoms with Crippen molar-refractivity contribution in [2.45, 2.75) is 13.8 Å². The number of hydrogen-bond acceptors (Lipinski definition) is 1. The lowest BCUT2D eigenvalue weighted by molar-refractivity contribution is 0.673. The van der Waals surface area contributed by atoms with Gasteiger partial charge in [0, 0.05) is 16.2 Å². The van der Waals surface area contributed by atoms with Gasteiger partial charge in [0.2, 0.25) is 0 Å². The Morgan fingerprint density at radius 2 is 0.714 bits per heavy atom. The number of rotatable bonds is 3. The molecule has 0 aliphatic heterocycles. The van der Waals surface area contributed by atoms with E-state index in [9.17, 15) is 0 Å². The molecule has 10 rings (SSSR count). The van der Waals surface area contributed by atoms with Crippen molar-refractivity contribution in [3.8, 4) is 33.4 Å². The second-order valence-corrected chi connectivity index (χ2v) is 12.4. The molecule has 232 valence electrons. The highest BCUT2D eigenvalue weighted by Crippen LogP contribution is 2.46. The Labute approximate surface area is 285 Å². The Bertz CT molecular complexity index is 2760. The molecule has 10 aromatic rings. The van der Waals surface area contributed by atoms with Crippen LogP contribution in [0.5, 0.6) is 0 Å². The summed E-state index contributed by atoms with van der Waals surface area (Å²) in [6, 6.07) is 61.4. The van der Waals surface area contributed by atoms with Crippen LogP contribution in [0.1, 0.15) is 13.8 Å². The van der Waals surface area contributed by atoms with Gasteiger partial charge in [0.25, 0.3) is 0 Å². The van der Waals surface area contributed by atoms with Gasteiger partial charge in [0.15, 0.2) is 0 Å².